The van der Waals surface area contributed by atoms with Gasteiger partial charge in [0.2, 0.25) is 11.8 Å². The third-order valence-corrected chi connectivity index (χ3v) is 8.23. The Morgan fingerprint density at radius 1 is 1.00 bits per heavy atom. The van der Waals surface area contributed by atoms with Gasteiger partial charge in [0.1, 0.15) is 0 Å². The van der Waals surface area contributed by atoms with Crippen molar-refractivity contribution >= 4 is 35.1 Å². The normalized spacial score (nSPS) is 17.5. The van der Waals surface area contributed by atoms with E-state index in [0.717, 1.165) is 50.1 Å². The fourth-order valence-electron chi connectivity index (χ4n) is 5.36. The number of carbonyl (C=O) groups excluding carboxylic acids is 1. The molecular weight excluding hydrogens is 605 g/mol. The molecule has 2 saturated heterocycles. The number of hydrogen-bond donors (Lipinski definition) is 4. The molecule has 3 heterocycles. The first-order valence-electron chi connectivity index (χ1n) is 14.8. The van der Waals surface area contributed by atoms with Crippen molar-refractivity contribution in [3.63, 3.8) is 0 Å². The number of carbonyl (C=O) groups is 2. The average molecular weight is 647 g/mol. The molecule has 4 rings (SSSR count). The van der Waals surface area contributed by atoms with Crippen molar-refractivity contribution in [2.45, 2.75) is 32.7 Å². The summed E-state index contributed by atoms with van der Waals surface area (Å²) in [7, 11) is 0. The number of pyridine rings is 1. The summed E-state index contributed by atoms with van der Waals surface area (Å²) in [5.41, 5.74) is 15.0. The van der Waals surface area contributed by atoms with Crippen LogP contribution in [0.1, 0.15) is 31.7 Å². The lowest BCUT2D eigenvalue weighted by Crippen LogP contribution is -2.47. The summed E-state index contributed by atoms with van der Waals surface area (Å²) in [6, 6.07) is 9.17. The Morgan fingerprint density at radius 3 is 2.32 bits per heavy atom. The average Bonchev–Trinajstić information content (AvgIpc) is 2.98. The number of aliphatic carboxylic acids is 1. The highest BCUT2D eigenvalue weighted by Gasteiger charge is 2.21. The summed E-state index contributed by atoms with van der Waals surface area (Å²) < 4.78 is 5.97. The zero-order valence-electron chi connectivity index (χ0n) is 25.0. The maximum absolute atomic E-state index is 11.3. The number of ether oxygens (including phenoxy) is 1. The molecule has 1 aromatic carbocycles. The first-order chi connectivity index (χ1) is 21.0. The second kappa shape index (κ2) is 16.0. The highest BCUT2D eigenvalue weighted by atomic mass is 35.5. The van der Waals surface area contributed by atoms with E-state index in [2.05, 4.69) is 15.1 Å². The fourth-order valence-corrected chi connectivity index (χ4v) is 5.88. The van der Waals surface area contributed by atoms with Crippen LogP contribution in [-0.2, 0) is 16.1 Å². The van der Waals surface area contributed by atoms with Gasteiger partial charge in [-0.3, -0.25) is 19.4 Å². The number of carboxylic acid groups (broad SMARTS) is 1. The molecule has 1 amide bonds. The van der Waals surface area contributed by atoms with Gasteiger partial charge in [0.25, 0.3) is 0 Å². The largest absolute Gasteiger partial charge is 0.481 e. The molecular formula is C31H41Cl2N7O4. The van der Waals surface area contributed by atoms with Crippen molar-refractivity contribution < 1.29 is 19.4 Å². The minimum atomic E-state index is -0.796. The number of halogens is 2. The monoisotopic (exact) mass is 645 g/mol. The minimum Gasteiger partial charge on any atom is -0.481 e. The van der Waals surface area contributed by atoms with E-state index < -0.39 is 5.97 Å². The number of hydrogen-bond acceptors (Lipinski definition) is 9. The Morgan fingerprint density at radius 2 is 1.68 bits per heavy atom. The van der Waals surface area contributed by atoms with Crippen molar-refractivity contribution in [1.82, 2.24) is 25.0 Å². The Kier molecular flexibility index (Phi) is 12.1. The molecule has 0 unspecified atom stereocenters. The molecule has 13 heteroatoms. The number of carboxylic acids is 1. The van der Waals surface area contributed by atoms with Gasteiger partial charge in [-0.25, -0.2) is 4.98 Å². The molecule has 0 aliphatic carbocycles. The van der Waals surface area contributed by atoms with Crippen LogP contribution in [0.25, 0.3) is 11.3 Å². The number of aromatic nitrogens is 1. The molecule has 0 spiro atoms. The van der Waals surface area contributed by atoms with Crippen LogP contribution in [0.2, 0.25) is 10.0 Å². The van der Waals surface area contributed by atoms with E-state index in [-0.39, 0.29) is 18.2 Å². The summed E-state index contributed by atoms with van der Waals surface area (Å²) in [4.78, 5) is 33.4. The summed E-state index contributed by atoms with van der Waals surface area (Å²) >= 11 is 12.6. The molecule has 0 atom stereocenters. The Labute approximate surface area is 268 Å². The van der Waals surface area contributed by atoms with Crippen molar-refractivity contribution in [3.05, 3.63) is 69.8 Å². The molecule has 0 bridgehead atoms. The number of allylic oxidation sites excluding steroid dienone is 2. The molecule has 11 nitrogen and oxygen atoms in total. The number of nitrogens with zero attached hydrogens (tertiary/aromatic N) is 4. The SMILES string of the molecule is CC(=O)NCC1CCN(Cc2cc(O/C(N)=C/C=C(\N)N3CCN(CCC(=O)O)CC3)nc(-c3cc(Cl)cc(Cl)c3)c2)CC1. The number of amides is 1. The van der Waals surface area contributed by atoms with E-state index in [1.807, 2.05) is 17.0 Å². The number of nitrogens with one attached hydrogen (secondary N) is 1. The second-order valence-electron chi connectivity index (χ2n) is 11.2. The lowest BCUT2D eigenvalue weighted by Gasteiger charge is -2.35. The van der Waals surface area contributed by atoms with E-state index in [9.17, 15) is 9.59 Å². The lowest BCUT2D eigenvalue weighted by atomic mass is 9.96. The predicted molar refractivity (Wildman–Crippen MR) is 172 cm³/mol. The maximum atomic E-state index is 11.3. The molecule has 6 N–H and O–H groups in total. The van der Waals surface area contributed by atoms with Crippen LogP contribution in [0, 0.1) is 5.92 Å². The molecule has 2 fully saturated rings. The molecule has 1 aromatic heterocycles. The van der Waals surface area contributed by atoms with Gasteiger partial charge in [-0.1, -0.05) is 23.2 Å². The Balaban J connectivity index is 1.44. The Bertz CT molecular complexity index is 1350. The maximum Gasteiger partial charge on any atom is 0.304 e. The highest BCUT2D eigenvalue weighted by molar-refractivity contribution is 6.35. The van der Waals surface area contributed by atoms with Crippen LogP contribution < -0.4 is 21.5 Å². The van der Waals surface area contributed by atoms with Crippen LogP contribution in [0.15, 0.2) is 54.2 Å². The van der Waals surface area contributed by atoms with Crippen LogP contribution >= 0.6 is 23.2 Å². The van der Waals surface area contributed by atoms with Crippen molar-refractivity contribution in [2.75, 3.05) is 52.4 Å². The van der Waals surface area contributed by atoms with Crippen LogP contribution in [0.3, 0.4) is 0 Å². The zero-order valence-corrected chi connectivity index (χ0v) is 26.5. The third-order valence-electron chi connectivity index (χ3n) is 7.79. The summed E-state index contributed by atoms with van der Waals surface area (Å²) in [5.74, 6) is 0.697. The molecule has 2 aliphatic rings. The minimum absolute atomic E-state index is 0.00435. The van der Waals surface area contributed by atoms with Crippen molar-refractivity contribution in [3.8, 4) is 17.1 Å². The first-order valence-corrected chi connectivity index (χ1v) is 15.5. The summed E-state index contributed by atoms with van der Waals surface area (Å²) in [6.45, 7) is 8.17. The van der Waals surface area contributed by atoms with Crippen molar-refractivity contribution in [2.24, 2.45) is 17.4 Å². The first kappa shape index (κ1) is 33.4. The van der Waals surface area contributed by atoms with Gasteiger partial charge in [0.05, 0.1) is 17.9 Å². The van der Waals surface area contributed by atoms with Crippen LogP contribution in [-0.4, -0.2) is 89.0 Å². The smallest absolute Gasteiger partial charge is 0.304 e. The van der Waals surface area contributed by atoms with Crippen LogP contribution in [0.4, 0.5) is 0 Å². The molecule has 2 aromatic rings. The molecule has 2 aliphatic heterocycles. The molecule has 44 heavy (non-hydrogen) atoms. The summed E-state index contributed by atoms with van der Waals surface area (Å²) in [5, 5.41) is 12.9. The molecule has 0 radical (unpaired) electrons. The third kappa shape index (κ3) is 10.6. The van der Waals surface area contributed by atoms with Crippen LogP contribution in [0.5, 0.6) is 5.88 Å². The number of piperidine rings is 1. The van der Waals surface area contributed by atoms with E-state index >= 15 is 0 Å². The van der Waals surface area contributed by atoms with E-state index in [4.69, 9.17) is 49.5 Å². The highest BCUT2D eigenvalue weighted by Crippen LogP contribution is 2.29. The lowest BCUT2D eigenvalue weighted by molar-refractivity contribution is -0.137. The van der Waals surface area contributed by atoms with Gasteiger partial charge in [0.15, 0.2) is 5.88 Å². The number of rotatable bonds is 12. The van der Waals surface area contributed by atoms with E-state index in [1.54, 1.807) is 37.3 Å². The molecule has 238 valence electrons. The van der Waals surface area contributed by atoms with Gasteiger partial charge >= 0.3 is 5.97 Å². The molecule has 0 saturated carbocycles. The van der Waals surface area contributed by atoms with Crippen molar-refractivity contribution in [1.29, 1.82) is 0 Å². The number of likely N-dealkylation sites (tertiary alicyclic amines) is 1. The fraction of sp³-hybridized carbons (Fsp3) is 0.452. The van der Waals surface area contributed by atoms with E-state index in [1.165, 1.54) is 0 Å². The second-order valence-corrected chi connectivity index (χ2v) is 12.1. The number of nitrogens with two attached hydrogens (primary N) is 2. The number of benzene rings is 1. The Hall–Kier alpha value is -3.51. The standard InChI is InChI=1S/C31H41Cl2N7O4/c1-21(41)36-19-22-4-7-39(8-5-22)20-23-14-27(24-16-25(32)18-26(33)17-24)37-30(15-23)44-29(35)3-2-28(34)40-12-10-38(11-13-40)9-6-31(42)43/h2-3,14-18,22H,4-13,19-20,34-35H2,1H3,(H,36,41)(H,42,43)/b28-2+,29-3+. The zero-order chi connectivity index (χ0) is 31.6. The number of piperazine rings is 1. The van der Waals surface area contributed by atoms with Gasteiger partial charge in [-0.15, -0.1) is 0 Å². The van der Waals surface area contributed by atoms with Gasteiger partial charge < -0.3 is 31.5 Å². The quantitative estimate of drug-likeness (QED) is 0.199. The van der Waals surface area contributed by atoms with Gasteiger partial charge in [-0.05, 0) is 67.8 Å². The topological polar surface area (TPSA) is 150 Å². The van der Waals surface area contributed by atoms with Gasteiger partial charge in [0, 0.05) is 80.5 Å². The van der Waals surface area contributed by atoms with E-state index in [0.29, 0.717) is 66.1 Å². The van der Waals surface area contributed by atoms with Gasteiger partial charge in [-0.2, -0.15) is 0 Å². The summed E-state index contributed by atoms with van der Waals surface area (Å²) in [6.07, 6.45) is 5.45. The predicted octanol–water partition coefficient (Wildman–Crippen LogP) is 3.47.